The van der Waals surface area contributed by atoms with E-state index in [1.807, 2.05) is 32.0 Å². The van der Waals surface area contributed by atoms with Crippen molar-refractivity contribution in [3.05, 3.63) is 57.4 Å². The molecule has 0 amide bonds. The van der Waals surface area contributed by atoms with E-state index >= 15 is 0 Å². The molecular formula is C20H23ClN2O4S. The van der Waals surface area contributed by atoms with Gasteiger partial charge in [0.1, 0.15) is 11.8 Å². The summed E-state index contributed by atoms with van der Waals surface area (Å²) in [7, 11) is -3.04. The summed E-state index contributed by atoms with van der Waals surface area (Å²) >= 11 is 6.40. The molecule has 0 aliphatic carbocycles. The normalized spacial score (nSPS) is 18.6. The zero-order valence-corrected chi connectivity index (χ0v) is 17.7. The molecule has 8 heteroatoms. The minimum Gasteiger partial charge on any atom is -0.458 e. The summed E-state index contributed by atoms with van der Waals surface area (Å²) in [5.74, 6) is -0.301. The molecule has 3 rings (SSSR count). The molecular weight excluding hydrogens is 400 g/mol. The average Bonchev–Trinajstić information content (AvgIpc) is 3.12. The Morgan fingerprint density at radius 2 is 2.11 bits per heavy atom. The summed E-state index contributed by atoms with van der Waals surface area (Å²) in [4.78, 5) is 12.1. The third-order valence-electron chi connectivity index (χ3n) is 4.89. The highest BCUT2D eigenvalue weighted by molar-refractivity contribution is 7.91. The van der Waals surface area contributed by atoms with Gasteiger partial charge >= 0.3 is 5.97 Å². The lowest BCUT2D eigenvalue weighted by atomic mass is 10.1. The Balaban J connectivity index is 1.68. The van der Waals surface area contributed by atoms with Gasteiger partial charge in [0.25, 0.3) is 0 Å². The second-order valence-electron chi connectivity index (χ2n) is 7.16. The Labute approximate surface area is 170 Å². The molecule has 0 spiro atoms. The highest BCUT2D eigenvalue weighted by Gasteiger charge is 2.31. The lowest BCUT2D eigenvalue weighted by Crippen LogP contribution is -2.12. The fourth-order valence-electron chi connectivity index (χ4n) is 3.24. The number of sulfone groups is 1. The molecule has 28 heavy (non-hydrogen) atoms. The molecule has 2 heterocycles. The van der Waals surface area contributed by atoms with Crippen molar-refractivity contribution >= 4 is 33.5 Å². The molecule has 1 fully saturated rings. The average molecular weight is 423 g/mol. The molecule has 2 aromatic rings. The van der Waals surface area contributed by atoms with Crippen LogP contribution in [0.1, 0.15) is 40.4 Å². The SMILES string of the molecule is Cc1ccc(C)c(COC(=O)/C=C/c2c(C)nn([C@H]3CCS(=O)(=O)C3)c2Cl)c1. The molecule has 1 aliphatic rings. The van der Waals surface area contributed by atoms with E-state index in [0.29, 0.717) is 22.8 Å². The highest BCUT2D eigenvalue weighted by atomic mass is 35.5. The van der Waals surface area contributed by atoms with Crippen molar-refractivity contribution in [2.45, 2.75) is 39.8 Å². The number of hydrogen-bond donors (Lipinski definition) is 0. The number of rotatable bonds is 5. The van der Waals surface area contributed by atoms with E-state index in [-0.39, 0.29) is 24.2 Å². The van der Waals surface area contributed by atoms with Crippen LogP contribution in [-0.2, 0) is 26.0 Å². The van der Waals surface area contributed by atoms with Crippen molar-refractivity contribution < 1.29 is 17.9 Å². The number of halogens is 1. The fraction of sp³-hybridized carbons (Fsp3) is 0.400. The molecule has 0 saturated carbocycles. The summed E-state index contributed by atoms with van der Waals surface area (Å²) in [6, 6.07) is 5.73. The molecule has 150 valence electrons. The van der Waals surface area contributed by atoms with Crippen LogP contribution in [0.4, 0.5) is 0 Å². The van der Waals surface area contributed by atoms with Crippen LogP contribution in [0, 0.1) is 20.8 Å². The Morgan fingerprint density at radius 3 is 2.79 bits per heavy atom. The molecule has 1 aromatic heterocycles. The number of carbonyl (C=O) groups is 1. The second kappa shape index (κ2) is 8.09. The van der Waals surface area contributed by atoms with Gasteiger partial charge in [0.05, 0.1) is 23.2 Å². The quantitative estimate of drug-likeness (QED) is 0.543. The number of nitrogens with zero attached hydrogens (tertiary/aromatic N) is 2. The molecule has 0 bridgehead atoms. The zero-order chi connectivity index (χ0) is 20.5. The van der Waals surface area contributed by atoms with Crippen molar-refractivity contribution in [1.82, 2.24) is 9.78 Å². The first-order valence-corrected chi connectivity index (χ1v) is 11.2. The Bertz CT molecular complexity index is 1040. The Morgan fingerprint density at radius 1 is 1.36 bits per heavy atom. The maximum atomic E-state index is 12.1. The predicted octanol–water partition coefficient (Wildman–Crippen LogP) is 3.58. The number of aryl methyl sites for hydroxylation is 3. The van der Waals surface area contributed by atoms with Crippen LogP contribution in [0.25, 0.3) is 6.08 Å². The fourth-order valence-corrected chi connectivity index (χ4v) is 5.30. The van der Waals surface area contributed by atoms with Crippen LogP contribution in [0.15, 0.2) is 24.3 Å². The van der Waals surface area contributed by atoms with E-state index in [1.165, 1.54) is 6.08 Å². The van der Waals surface area contributed by atoms with E-state index in [0.717, 1.165) is 16.7 Å². The van der Waals surface area contributed by atoms with E-state index in [1.54, 1.807) is 17.7 Å². The Hall–Kier alpha value is -2.12. The maximum Gasteiger partial charge on any atom is 0.331 e. The number of esters is 1. The van der Waals surface area contributed by atoms with Gasteiger partial charge in [-0.3, -0.25) is 0 Å². The van der Waals surface area contributed by atoms with Gasteiger partial charge in [-0.2, -0.15) is 5.10 Å². The third-order valence-corrected chi connectivity index (χ3v) is 7.01. The number of ether oxygens (including phenoxy) is 1. The van der Waals surface area contributed by atoms with Crippen LogP contribution in [-0.4, -0.2) is 35.7 Å². The molecule has 0 radical (unpaired) electrons. The predicted molar refractivity (Wildman–Crippen MR) is 109 cm³/mol. The monoisotopic (exact) mass is 422 g/mol. The minimum absolute atomic E-state index is 0.0366. The topological polar surface area (TPSA) is 78.3 Å². The van der Waals surface area contributed by atoms with Crippen molar-refractivity contribution in [2.75, 3.05) is 11.5 Å². The smallest absolute Gasteiger partial charge is 0.331 e. The molecule has 0 N–H and O–H groups in total. The summed E-state index contributed by atoms with van der Waals surface area (Å²) < 4.78 is 30.3. The van der Waals surface area contributed by atoms with Gasteiger partial charge in [-0.1, -0.05) is 35.4 Å². The minimum atomic E-state index is -3.04. The lowest BCUT2D eigenvalue weighted by Gasteiger charge is -2.09. The van der Waals surface area contributed by atoms with Gasteiger partial charge in [-0.05, 0) is 44.4 Å². The van der Waals surface area contributed by atoms with Crippen LogP contribution in [0.5, 0.6) is 0 Å². The summed E-state index contributed by atoms with van der Waals surface area (Å²) in [6.45, 7) is 5.93. The number of hydrogen-bond acceptors (Lipinski definition) is 5. The zero-order valence-electron chi connectivity index (χ0n) is 16.1. The van der Waals surface area contributed by atoms with Gasteiger partial charge in [-0.15, -0.1) is 0 Å². The van der Waals surface area contributed by atoms with Gasteiger partial charge < -0.3 is 4.74 Å². The van der Waals surface area contributed by atoms with Gasteiger partial charge in [0, 0.05) is 11.6 Å². The van der Waals surface area contributed by atoms with E-state index < -0.39 is 15.8 Å². The van der Waals surface area contributed by atoms with Gasteiger partial charge in [0.2, 0.25) is 0 Å². The third kappa shape index (κ3) is 4.64. The van der Waals surface area contributed by atoms with Crippen molar-refractivity contribution in [2.24, 2.45) is 0 Å². The Kier molecular flexibility index (Phi) is 5.95. The van der Waals surface area contributed by atoms with Crippen LogP contribution >= 0.6 is 11.6 Å². The number of aromatic nitrogens is 2. The molecule has 1 aliphatic heterocycles. The first-order valence-electron chi connectivity index (χ1n) is 9.02. The second-order valence-corrected chi connectivity index (χ2v) is 9.75. The maximum absolute atomic E-state index is 12.1. The van der Waals surface area contributed by atoms with E-state index in [4.69, 9.17) is 16.3 Å². The molecule has 6 nitrogen and oxygen atoms in total. The molecule has 1 aromatic carbocycles. The van der Waals surface area contributed by atoms with Crippen LogP contribution < -0.4 is 0 Å². The summed E-state index contributed by atoms with van der Waals surface area (Å²) in [6.07, 6.45) is 3.37. The van der Waals surface area contributed by atoms with Crippen molar-refractivity contribution in [3.63, 3.8) is 0 Å². The standard InChI is InChI=1S/C20H23ClN2O4S/c1-13-4-5-14(2)16(10-13)11-27-19(24)7-6-18-15(3)22-23(20(18)21)17-8-9-28(25,26)12-17/h4-7,10,17H,8-9,11-12H2,1-3H3/b7-6+/t17-/m0/s1. The first kappa shape index (κ1) is 20.6. The number of benzene rings is 1. The van der Waals surface area contributed by atoms with Crippen molar-refractivity contribution in [3.8, 4) is 0 Å². The van der Waals surface area contributed by atoms with Crippen LogP contribution in [0.3, 0.4) is 0 Å². The van der Waals surface area contributed by atoms with Crippen molar-refractivity contribution in [1.29, 1.82) is 0 Å². The number of carbonyl (C=O) groups excluding carboxylic acids is 1. The summed E-state index contributed by atoms with van der Waals surface area (Å²) in [5.41, 5.74) is 4.36. The molecule has 0 unspecified atom stereocenters. The van der Waals surface area contributed by atoms with Crippen LogP contribution in [0.2, 0.25) is 5.15 Å². The first-order chi connectivity index (χ1) is 13.2. The van der Waals surface area contributed by atoms with Gasteiger partial charge in [0.15, 0.2) is 9.84 Å². The largest absolute Gasteiger partial charge is 0.458 e. The summed E-state index contributed by atoms with van der Waals surface area (Å²) in [5, 5.41) is 4.70. The molecule has 1 atom stereocenters. The van der Waals surface area contributed by atoms with E-state index in [9.17, 15) is 13.2 Å². The lowest BCUT2D eigenvalue weighted by molar-refractivity contribution is -0.138. The molecule has 1 saturated heterocycles. The highest BCUT2D eigenvalue weighted by Crippen LogP contribution is 2.30. The van der Waals surface area contributed by atoms with Gasteiger partial charge in [-0.25, -0.2) is 17.9 Å². The van der Waals surface area contributed by atoms with E-state index in [2.05, 4.69) is 5.10 Å².